The maximum atomic E-state index is 12.1. The van der Waals surface area contributed by atoms with E-state index in [2.05, 4.69) is 15.3 Å². The standard InChI is InChI=1S/C13H14N4O2/c14-13(3-6-19-8-13)12(18)17-9-1-2-10-11(7-9)16-5-4-15-10/h1-2,4-5,7H,3,6,8,14H2,(H,17,18). The Balaban J connectivity index is 1.83. The van der Waals surface area contributed by atoms with E-state index in [0.29, 0.717) is 18.7 Å². The van der Waals surface area contributed by atoms with Crippen LogP contribution in [0.4, 0.5) is 5.69 Å². The Morgan fingerprint density at radius 2 is 2.11 bits per heavy atom. The minimum atomic E-state index is -0.933. The van der Waals surface area contributed by atoms with Crippen molar-refractivity contribution in [3.8, 4) is 0 Å². The van der Waals surface area contributed by atoms with Crippen LogP contribution in [0.25, 0.3) is 11.0 Å². The number of hydrogen-bond acceptors (Lipinski definition) is 5. The summed E-state index contributed by atoms with van der Waals surface area (Å²) in [5, 5.41) is 2.80. The lowest BCUT2D eigenvalue weighted by Gasteiger charge is -2.20. The molecule has 1 aromatic heterocycles. The third kappa shape index (κ3) is 2.27. The molecule has 1 atom stereocenters. The minimum Gasteiger partial charge on any atom is -0.379 e. The predicted molar refractivity (Wildman–Crippen MR) is 70.5 cm³/mol. The normalized spacial score (nSPS) is 22.6. The lowest BCUT2D eigenvalue weighted by molar-refractivity contribution is -0.121. The second-order valence-electron chi connectivity index (χ2n) is 4.67. The number of carbonyl (C=O) groups is 1. The van der Waals surface area contributed by atoms with Crippen molar-refractivity contribution < 1.29 is 9.53 Å². The summed E-state index contributed by atoms with van der Waals surface area (Å²) >= 11 is 0. The van der Waals surface area contributed by atoms with E-state index in [1.165, 1.54) is 0 Å². The predicted octanol–water partition coefficient (Wildman–Crippen LogP) is 0.686. The van der Waals surface area contributed by atoms with Crippen molar-refractivity contribution >= 4 is 22.6 Å². The number of ether oxygens (including phenoxy) is 1. The van der Waals surface area contributed by atoms with Gasteiger partial charge in [-0.1, -0.05) is 0 Å². The molecule has 0 radical (unpaired) electrons. The van der Waals surface area contributed by atoms with E-state index in [1.54, 1.807) is 24.5 Å². The maximum absolute atomic E-state index is 12.1. The van der Waals surface area contributed by atoms with E-state index in [-0.39, 0.29) is 12.5 Å². The van der Waals surface area contributed by atoms with E-state index in [1.807, 2.05) is 6.07 Å². The van der Waals surface area contributed by atoms with Crippen molar-refractivity contribution in [2.45, 2.75) is 12.0 Å². The van der Waals surface area contributed by atoms with Gasteiger partial charge in [-0.25, -0.2) is 0 Å². The number of benzene rings is 1. The molecule has 2 aromatic rings. The molecule has 1 saturated heterocycles. The molecule has 1 aliphatic rings. The molecular formula is C13H14N4O2. The van der Waals surface area contributed by atoms with E-state index < -0.39 is 5.54 Å². The van der Waals surface area contributed by atoms with Crippen molar-refractivity contribution in [2.24, 2.45) is 5.73 Å². The molecule has 2 heterocycles. The summed E-state index contributed by atoms with van der Waals surface area (Å²) in [6.45, 7) is 0.777. The quantitative estimate of drug-likeness (QED) is 0.827. The number of fused-ring (bicyclic) bond motifs is 1. The summed E-state index contributed by atoms with van der Waals surface area (Å²) in [6.07, 6.45) is 3.78. The molecule has 1 aliphatic heterocycles. The number of amides is 1. The highest BCUT2D eigenvalue weighted by Crippen LogP contribution is 2.20. The van der Waals surface area contributed by atoms with Crippen LogP contribution in [0.3, 0.4) is 0 Å². The van der Waals surface area contributed by atoms with Gasteiger partial charge in [0.1, 0.15) is 5.54 Å². The van der Waals surface area contributed by atoms with Crippen molar-refractivity contribution in [1.29, 1.82) is 0 Å². The summed E-state index contributed by atoms with van der Waals surface area (Å²) in [4.78, 5) is 20.5. The van der Waals surface area contributed by atoms with Gasteiger partial charge in [-0.2, -0.15) is 0 Å². The van der Waals surface area contributed by atoms with Crippen LogP contribution in [0.2, 0.25) is 0 Å². The highest BCUT2D eigenvalue weighted by Gasteiger charge is 2.38. The average molecular weight is 258 g/mol. The fourth-order valence-electron chi connectivity index (χ4n) is 2.06. The number of rotatable bonds is 2. The first-order valence-electron chi connectivity index (χ1n) is 6.06. The molecule has 1 fully saturated rings. The van der Waals surface area contributed by atoms with E-state index in [4.69, 9.17) is 10.5 Å². The summed E-state index contributed by atoms with van der Waals surface area (Å²) < 4.78 is 5.18. The molecule has 1 unspecified atom stereocenters. The van der Waals surface area contributed by atoms with Crippen LogP contribution in [0.1, 0.15) is 6.42 Å². The van der Waals surface area contributed by atoms with Crippen molar-refractivity contribution in [3.63, 3.8) is 0 Å². The highest BCUT2D eigenvalue weighted by atomic mass is 16.5. The number of hydrogen-bond donors (Lipinski definition) is 2. The molecule has 3 rings (SSSR count). The molecule has 0 spiro atoms. The molecule has 0 saturated carbocycles. The lowest BCUT2D eigenvalue weighted by Crippen LogP contribution is -2.51. The Kier molecular flexibility index (Phi) is 2.88. The van der Waals surface area contributed by atoms with Crippen LogP contribution in [0, 0.1) is 0 Å². The fraction of sp³-hybridized carbons (Fsp3) is 0.308. The van der Waals surface area contributed by atoms with Gasteiger partial charge in [0, 0.05) is 24.7 Å². The summed E-state index contributed by atoms with van der Waals surface area (Å²) in [5.74, 6) is -0.228. The van der Waals surface area contributed by atoms with Gasteiger partial charge < -0.3 is 15.8 Å². The largest absolute Gasteiger partial charge is 0.379 e. The SMILES string of the molecule is NC1(C(=O)Nc2ccc3nccnc3c2)CCOC1. The smallest absolute Gasteiger partial charge is 0.246 e. The van der Waals surface area contributed by atoms with Crippen LogP contribution in [0.5, 0.6) is 0 Å². The molecule has 0 bridgehead atoms. The van der Waals surface area contributed by atoms with Crippen molar-refractivity contribution in [1.82, 2.24) is 9.97 Å². The molecule has 1 aromatic carbocycles. The van der Waals surface area contributed by atoms with Gasteiger partial charge in [0.25, 0.3) is 0 Å². The van der Waals surface area contributed by atoms with E-state index >= 15 is 0 Å². The Bertz CT molecular complexity index is 623. The summed E-state index contributed by atoms with van der Waals surface area (Å²) in [5.41, 5.74) is 7.24. The highest BCUT2D eigenvalue weighted by molar-refractivity contribution is 5.99. The Labute approximate surface area is 110 Å². The van der Waals surface area contributed by atoms with Crippen molar-refractivity contribution in [3.05, 3.63) is 30.6 Å². The van der Waals surface area contributed by atoms with Gasteiger partial charge in [0.2, 0.25) is 5.91 Å². The van der Waals surface area contributed by atoms with Crippen LogP contribution < -0.4 is 11.1 Å². The third-order valence-corrected chi connectivity index (χ3v) is 3.23. The maximum Gasteiger partial charge on any atom is 0.246 e. The second kappa shape index (κ2) is 4.56. The first kappa shape index (κ1) is 12.0. The monoisotopic (exact) mass is 258 g/mol. The Morgan fingerprint density at radius 3 is 2.84 bits per heavy atom. The number of nitrogens with two attached hydrogens (primary N) is 1. The second-order valence-corrected chi connectivity index (χ2v) is 4.67. The molecule has 19 heavy (non-hydrogen) atoms. The zero-order valence-corrected chi connectivity index (χ0v) is 10.3. The minimum absolute atomic E-state index is 0.228. The topological polar surface area (TPSA) is 90.1 Å². The number of nitrogens with zero attached hydrogens (tertiary/aromatic N) is 2. The number of aromatic nitrogens is 2. The van der Waals surface area contributed by atoms with Gasteiger partial charge in [-0.3, -0.25) is 14.8 Å². The number of anilines is 1. The molecule has 1 amide bonds. The van der Waals surface area contributed by atoms with Crippen LogP contribution in [0.15, 0.2) is 30.6 Å². The molecule has 0 aliphatic carbocycles. The van der Waals surface area contributed by atoms with Gasteiger partial charge in [-0.15, -0.1) is 0 Å². The van der Waals surface area contributed by atoms with Crippen molar-refractivity contribution in [2.75, 3.05) is 18.5 Å². The Morgan fingerprint density at radius 1 is 1.32 bits per heavy atom. The van der Waals surface area contributed by atoms with Crippen LogP contribution in [-0.4, -0.2) is 34.6 Å². The third-order valence-electron chi connectivity index (χ3n) is 3.23. The van der Waals surface area contributed by atoms with Gasteiger partial charge >= 0.3 is 0 Å². The van der Waals surface area contributed by atoms with E-state index in [0.717, 1.165) is 11.0 Å². The van der Waals surface area contributed by atoms with Gasteiger partial charge in [0.05, 0.1) is 17.6 Å². The van der Waals surface area contributed by atoms with E-state index in [9.17, 15) is 4.79 Å². The summed E-state index contributed by atoms with van der Waals surface area (Å²) in [7, 11) is 0. The molecule has 98 valence electrons. The van der Waals surface area contributed by atoms with Crippen LogP contribution >= 0.6 is 0 Å². The molecule has 6 nitrogen and oxygen atoms in total. The zero-order chi connectivity index (χ0) is 13.3. The van der Waals surface area contributed by atoms with Crippen LogP contribution in [-0.2, 0) is 9.53 Å². The number of carbonyl (C=O) groups excluding carboxylic acids is 1. The average Bonchev–Trinajstić information content (AvgIpc) is 2.87. The first-order chi connectivity index (χ1) is 9.17. The lowest BCUT2D eigenvalue weighted by atomic mass is 9.99. The van der Waals surface area contributed by atoms with Gasteiger partial charge in [-0.05, 0) is 24.6 Å². The number of nitrogens with one attached hydrogen (secondary N) is 1. The van der Waals surface area contributed by atoms with Gasteiger partial charge in [0.15, 0.2) is 0 Å². The molecule has 6 heteroatoms. The molecular weight excluding hydrogens is 244 g/mol. The fourth-order valence-corrected chi connectivity index (χ4v) is 2.06. The first-order valence-corrected chi connectivity index (χ1v) is 6.06. The molecule has 3 N–H and O–H groups in total. The summed E-state index contributed by atoms with van der Waals surface area (Å²) in [6, 6.07) is 5.37. The zero-order valence-electron chi connectivity index (χ0n) is 10.3. The Hall–Kier alpha value is -2.05.